The average Bonchev–Trinajstić information content (AvgIpc) is 2.99. The quantitative estimate of drug-likeness (QED) is 0.627. The van der Waals surface area contributed by atoms with Crippen LogP contribution in [-0.4, -0.2) is 17.5 Å². The summed E-state index contributed by atoms with van der Waals surface area (Å²) in [4.78, 5) is 14.3. The van der Waals surface area contributed by atoms with E-state index in [1.165, 1.54) is 5.52 Å². The average molecular weight is 288 g/mol. The van der Waals surface area contributed by atoms with Gasteiger partial charge in [0.25, 0.3) is 5.91 Å². The standard InChI is InChI=1S/C19H16N2O/c1-20-12-13(14-7-3-5-9-17(14)20)11-16-15-8-4-6-10-18(15)21(2)19(16)22/h3-12H,1-2H3. The number of carbonyl (C=O) groups excluding carboxylic acids is 1. The summed E-state index contributed by atoms with van der Waals surface area (Å²) in [6, 6.07) is 16.2. The maximum atomic E-state index is 12.6. The molecule has 0 bridgehead atoms. The van der Waals surface area contributed by atoms with Crippen molar-refractivity contribution in [2.75, 3.05) is 11.9 Å². The Hall–Kier alpha value is -2.81. The lowest BCUT2D eigenvalue weighted by atomic mass is 10.0. The topological polar surface area (TPSA) is 25.2 Å². The number of hydrogen-bond donors (Lipinski definition) is 0. The van der Waals surface area contributed by atoms with E-state index in [2.05, 4.69) is 22.9 Å². The van der Waals surface area contributed by atoms with Gasteiger partial charge in [0.05, 0.1) is 5.69 Å². The zero-order valence-electron chi connectivity index (χ0n) is 12.6. The molecule has 0 saturated heterocycles. The molecule has 3 nitrogen and oxygen atoms in total. The van der Waals surface area contributed by atoms with Gasteiger partial charge < -0.3 is 9.47 Å². The summed E-state index contributed by atoms with van der Waals surface area (Å²) in [5.41, 5.74) is 4.98. The SMILES string of the molecule is CN1C(=O)C(=Cc2cn(C)c3ccccc23)c2ccccc21. The summed E-state index contributed by atoms with van der Waals surface area (Å²) in [5.74, 6) is 0.0501. The van der Waals surface area contributed by atoms with Crippen molar-refractivity contribution in [1.82, 2.24) is 4.57 Å². The maximum absolute atomic E-state index is 12.6. The van der Waals surface area contributed by atoms with E-state index >= 15 is 0 Å². The fourth-order valence-corrected chi connectivity index (χ4v) is 3.18. The molecule has 1 amide bonds. The van der Waals surface area contributed by atoms with E-state index in [4.69, 9.17) is 0 Å². The minimum absolute atomic E-state index is 0.0501. The number of rotatable bonds is 1. The van der Waals surface area contributed by atoms with Gasteiger partial charge in [-0.25, -0.2) is 0 Å². The molecule has 0 aliphatic carbocycles. The molecule has 3 heteroatoms. The van der Waals surface area contributed by atoms with Crippen molar-refractivity contribution in [2.24, 2.45) is 7.05 Å². The second-order valence-electron chi connectivity index (χ2n) is 5.65. The molecular weight excluding hydrogens is 272 g/mol. The van der Waals surface area contributed by atoms with Crippen molar-refractivity contribution in [1.29, 1.82) is 0 Å². The minimum Gasteiger partial charge on any atom is -0.350 e. The third-order valence-corrected chi connectivity index (χ3v) is 4.32. The monoisotopic (exact) mass is 288 g/mol. The summed E-state index contributed by atoms with van der Waals surface area (Å²) in [7, 11) is 3.85. The Kier molecular flexibility index (Phi) is 2.70. The maximum Gasteiger partial charge on any atom is 0.258 e. The van der Waals surface area contributed by atoms with Gasteiger partial charge in [-0.05, 0) is 18.2 Å². The lowest BCUT2D eigenvalue weighted by molar-refractivity contribution is -0.112. The van der Waals surface area contributed by atoms with E-state index in [0.29, 0.717) is 0 Å². The van der Waals surface area contributed by atoms with Crippen LogP contribution in [0.15, 0.2) is 54.7 Å². The van der Waals surface area contributed by atoms with Crippen LogP contribution in [0.1, 0.15) is 11.1 Å². The number of anilines is 1. The van der Waals surface area contributed by atoms with Crippen LogP contribution < -0.4 is 4.90 Å². The summed E-state index contributed by atoms with van der Waals surface area (Å²) in [5, 5.41) is 1.16. The van der Waals surface area contributed by atoms with Crippen LogP contribution >= 0.6 is 0 Å². The van der Waals surface area contributed by atoms with Crippen molar-refractivity contribution in [3.8, 4) is 0 Å². The van der Waals surface area contributed by atoms with Crippen molar-refractivity contribution in [3.63, 3.8) is 0 Å². The Morgan fingerprint density at radius 2 is 1.68 bits per heavy atom. The van der Waals surface area contributed by atoms with Gasteiger partial charge in [0.15, 0.2) is 0 Å². The Balaban J connectivity index is 1.94. The van der Waals surface area contributed by atoms with Crippen molar-refractivity contribution in [3.05, 3.63) is 65.9 Å². The first kappa shape index (κ1) is 12.9. The van der Waals surface area contributed by atoms with Gasteiger partial charge in [0.2, 0.25) is 0 Å². The van der Waals surface area contributed by atoms with Gasteiger partial charge in [-0.15, -0.1) is 0 Å². The molecule has 0 fully saturated rings. The van der Waals surface area contributed by atoms with Gasteiger partial charge in [-0.3, -0.25) is 4.79 Å². The molecule has 3 aromatic rings. The molecule has 0 saturated carbocycles. The lowest BCUT2D eigenvalue weighted by Crippen LogP contribution is -2.20. The van der Waals surface area contributed by atoms with Crippen LogP contribution in [-0.2, 0) is 11.8 Å². The molecule has 4 rings (SSSR count). The highest BCUT2D eigenvalue weighted by Crippen LogP contribution is 2.37. The summed E-state index contributed by atoms with van der Waals surface area (Å²) in [6.07, 6.45) is 4.08. The number of benzene rings is 2. The molecule has 108 valence electrons. The lowest BCUT2D eigenvalue weighted by Gasteiger charge is -2.07. The number of aromatic nitrogens is 1. The number of hydrogen-bond acceptors (Lipinski definition) is 1. The third-order valence-electron chi connectivity index (χ3n) is 4.32. The van der Waals surface area contributed by atoms with Crippen molar-refractivity contribution in [2.45, 2.75) is 0 Å². The van der Waals surface area contributed by atoms with Gasteiger partial charge in [-0.1, -0.05) is 36.4 Å². The Bertz CT molecular complexity index is 934. The van der Waals surface area contributed by atoms with Gasteiger partial charge in [0, 0.05) is 47.9 Å². The zero-order valence-corrected chi connectivity index (χ0v) is 12.6. The highest BCUT2D eigenvalue weighted by atomic mass is 16.2. The van der Waals surface area contributed by atoms with E-state index in [0.717, 1.165) is 27.8 Å². The van der Waals surface area contributed by atoms with E-state index in [9.17, 15) is 4.79 Å². The molecule has 2 heterocycles. The summed E-state index contributed by atoms with van der Waals surface area (Å²) >= 11 is 0. The smallest absolute Gasteiger partial charge is 0.258 e. The first-order valence-electron chi connectivity index (χ1n) is 7.30. The predicted molar refractivity (Wildman–Crippen MR) is 90.6 cm³/mol. The Labute approximate surface area is 129 Å². The second-order valence-corrected chi connectivity index (χ2v) is 5.65. The Morgan fingerprint density at radius 3 is 2.55 bits per heavy atom. The first-order chi connectivity index (χ1) is 10.7. The number of fused-ring (bicyclic) bond motifs is 2. The van der Waals surface area contributed by atoms with Crippen LogP contribution in [0.25, 0.3) is 22.6 Å². The number of amides is 1. The third kappa shape index (κ3) is 1.72. The highest BCUT2D eigenvalue weighted by molar-refractivity contribution is 6.36. The molecule has 0 unspecified atom stereocenters. The predicted octanol–water partition coefficient (Wildman–Crippen LogP) is 3.70. The molecule has 0 N–H and O–H groups in total. The molecule has 0 atom stereocenters. The Morgan fingerprint density at radius 1 is 0.955 bits per heavy atom. The summed E-state index contributed by atoms with van der Waals surface area (Å²) in [6.45, 7) is 0. The normalized spacial score (nSPS) is 15.8. The molecule has 1 aliphatic heterocycles. The minimum atomic E-state index is 0.0501. The van der Waals surface area contributed by atoms with Crippen molar-refractivity contribution >= 4 is 34.1 Å². The number of likely N-dealkylation sites (N-methyl/N-ethyl adjacent to an activating group) is 1. The fourth-order valence-electron chi connectivity index (χ4n) is 3.18. The molecule has 22 heavy (non-hydrogen) atoms. The van der Waals surface area contributed by atoms with Crippen LogP contribution in [0.5, 0.6) is 0 Å². The molecule has 1 aliphatic rings. The van der Waals surface area contributed by atoms with Gasteiger partial charge in [-0.2, -0.15) is 0 Å². The first-order valence-corrected chi connectivity index (χ1v) is 7.30. The summed E-state index contributed by atoms with van der Waals surface area (Å²) < 4.78 is 2.09. The van der Waals surface area contributed by atoms with Gasteiger partial charge >= 0.3 is 0 Å². The van der Waals surface area contributed by atoms with Crippen LogP contribution in [0.4, 0.5) is 5.69 Å². The number of nitrogens with zero attached hydrogens (tertiary/aromatic N) is 2. The van der Waals surface area contributed by atoms with E-state index in [1.54, 1.807) is 4.90 Å². The highest BCUT2D eigenvalue weighted by Gasteiger charge is 2.29. The van der Waals surface area contributed by atoms with Crippen LogP contribution in [0.2, 0.25) is 0 Å². The van der Waals surface area contributed by atoms with Crippen LogP contribution in [0.3, 0.4) is 0 Å². The largest absolute Gasteiger partial charge is 0.350 e. The van der Waals surface area contributed by atoms with Crippen molar-refractivity contribution < 1.29 is 4.79 Å². The molecule has 1 aromatic heterocycles. The van der Waals surface area contributed by atoms with E-state index in [-0.39, 0.29) is 5.91 Å². The molecule has 0 spiro atoms. The van der Waals surface area contributed by atoms with E-state index < -0.39 is 0 Å². The molecule has 2 aromatic carbocycles. The zero-order chi connectivity index (χ0) is 15.3. The number of carbonyl (C=O) groups is 1. The second kappa shape index (κ2) is 4.60. The number of aryl methyl sites for hydroxylation is 1. The fraction of sp³-hybridized carbons (Fsp3) is 0.105. The number of para-hydroxylation sites is 2. The molecule has 0 radical (unpaired) electrons. The van der Waals surface area contributed by atoms with E-state index in [1.807, 2.05) is 56.6 Å². The van der Waals surface area contributed by atoms with Crippen LogP contribution in [0, 0.1) is 0 Å². The van der Waals surface area contributed by atoms with Gasteiger partial charge in [0.1, 0.15) is 0 Å². The molecular formula is C19H16N2O.